The Morgan fingerprint density at radius 2 is 1.95 bits per heavy atom. The van der Waals surface area contributed by atoms with E-state index in [0.717, 1.165) is 18.2 Å². The van der Waals surface area contributed by atoms with Crippen LogP contribution in [0.3, 0.4) is 0 Å². The Bertz CT molecular complexity index is 402. The van der Waals surface area contributed by atoms with E-state index in [1.54, 1.807) is 7.11 Å². The van der Waals surface area contributed by atoms with Crippen LogP contribution in [-0.2, 0) is 11.3 Å². The van der Waals surface area contributed by atoms with Crippen LogP contribution in [0.1, 0.15) is 51.0 Å². The van der Waals surface area contributed by atoms with Crippen molar-refractivity contribution in [2.75, 3.05) is 13.9 Å². The number of nitrogens with one attached hydrogen (secondary N) is 1. The highest BCUT2D eigenvalue weighted by Crippen LogP contribution is 2.27. The molecule has 0 spiro atoms. The second-order valence-electron chi connectivity index (χ2n) is 6.18. The number of methoxy groups -OCH3 is 1. The quantitative estimate of drug-likeness (QED) is 0.731. The zero-order chi connectivity index (χ0) is 14.9. The molecular weight excluding hydrogens is 262 g/mol. The molecule has 2 rings (SSSR count). The maximum atomic E-state index is 5.61. The molecule has 1 atom stereocenters. The summed E-state index contributed by atoms with van der Waals surface area (Å²) in [4.78, 5) is 0. The van der Waals surface area contributed by atoms with Gasteiger partial charge in [0.25, 0.3) is 0 Å². The third kappa shape index (κ3) is 5.68. The summed E-state index contributed by atoms with van der Waals surface area (Å²) in [6.45, 7) is 3.45. The molecule has 1 aromatic carbocycles. The van der Waals surface area contributed by atoms with E-state index >= 15 is 0 Å². The normalized spacial score (nSPS) is 17.6. The largest absolute Gasteiger partial charge is 0.467 e. The maximum Gasteiger partial charge on any atom is 0.188 e. The minimum absolute atomic E-state index is 0.300. The molecule has 1 aliphatic carbocycles. The number of hydrogen-bond donors (Lipinski definition) is 1. The lowest BCUT2D eigenvalue weighted by molar-refractivity contribution is 0.0503. The molecule has 118 valence electrons. The van der Waals surface area contributed by atoms with Gasteiger partial charge in [-0.15, -0.1) is 0 Å². The summed E-state index contributed by atoms with van der Waals surface area (Å²) in [7, 11) is 1.65. The third-order valence-electron chi connectivity index (χ3n) is 4.36. The van der Waals surface area contributed by atoms with Gasteiger partial charge in [0.15, 0.2) is 6.79 Å². The van der Waals surface area contributed by atoms with E-state index < -0.39 is 0 Å². The lowest BCUT2D eigenvalue weighted by Crippen LogP contribution is -2.28. The second kappa shape index (κ2) is 9.06. The Hall–Kier alpha value is -1.06. The highest BCUT2D eigenvalue weighted by atomic mass is 16.7. The number of hydrogen-bond acceptors (Lipinski definition) is 3. The Labute approximate surface area is 129 Å². The van der Waals surface area contributed by atoms with E-state index in [4.69, 9.17) is 9.47 Å². The van der Waals surface area contributed by atoms with E-state index in [0.29, 0.717) is 12.8 Å². The van der Waals surface area contributed by atoms with Crippen LogP contribution in [0.15, 0.2) is 24.3 Å². The zero-order valence-electron chi connectivity index (χ0n) is 13.4. The number of ether oxygens (including phenoxy) is 2. The van der Waals surface area contributed by atoms with Crippen LogP contribution in [0.5, 0.6) is 5.75 Å². The predicted octanol–water partition coefficient (Wildman–Crippen LogP) is 4.12. The van der Waals surface area contributed by atoms with Gasteiger partial charge in [-0.1, -0.05) is 50.3 Å². The molecule has 3 heteroatoms. The SMILES string of the molecule is COCOc1ccccc1CN[C@@H](C)CC1CCCCC1. The standard InChI is InChI=1S/C18H29NO2/c1-15(12-16-8-4-3-5-9-16)19-13-17-10-6-7-11-18(17)21-14-20-2/h6-7,10-11,15-16,19H,3-5,8-9,12-14H2,1-2H3/t15-/m0/s1. The summed E-state index contributed by atoms with van der Waals surface area (Å²) in [6, 6.07) is 8.74. The average Bonchev–Trinajstić information content (AvgIpc) is 2.52. The molecule has 0 aliphatic heterocycles. The fourth-order valence-corrected chi connectivity index (χ4v) is 3.20. The van der Waals surface area contributed by atoms with Gasteiger partial charge in [0, 0.05) is 25.3 Å². The van der Waals surface area contributed by atoms with E-state index in [1.807, 2.05) is 12.1 Å². The zero-order valence-corrected chi connectivity index (χ0v) is 13.4. The molecule has 0 radical (unpaired) electrons. The Balaban J connectivity index is 1.78. The van der Waals surface area contributed by atoms with Gasteiger partial charge in [0.1, 0.15) is 5.75 Å². The van der Waals surface area contributed by atoms with Crippen LogP contribution in [0.2, 0.25) is 0 Å². The van der Waals surface area contributed by atoms with Gasteiger partial charge in [0.05, 0.1) is 0 Å². The smallest absolute Gasteiger partial charge is 0.188 e. The molecule has 0 saturated heterocycles. The molecular formula is C18H29NO2. The summed E-state index contributed by atoms with van der Waals surface area (Å²) in [5.41, 5.74) is 1.20. The molecule has 3 nitrogen and oxygen atoms in total. The molecule has 0 amide bonds. The van der Waals surface area contributed by atoms with Crippen molar-refractivity contribution in [2.24, 2.45) is 5.92 Å². The third-order valence-corrected chi connectivity index (χ3v) is 4.36. The van der Waals surface area contributed by atoms with Crippen LogP contribution in [0.25, 0.3) is 0 Å². The van der Waals surface area contributed by atoms with Crippen LogP contribution in [0, 0.1) is 5.92 Å². The van der Waals surface area contributed by atoms with Crippen LogP contribution in [-0.4, -0.2) is 19.9 Å². The van der Waals surface area contributed by atoms with Gasteiger partial charge < -0.3 is 14.8 Å². The molecule has 21 heavy (non-hydrogen) atoms. The number of para-hydroxylation sites is 1. The first-order chi connectivity index (χ1) is 10.3. The minimum atomic E-state index is 0.300. The monoisotopic (exact) mass is 291 g/mol. The van der Waals surface area contributed by atoms with E-state index in [9.17, 15) is 0 Å². The fourth-order valence-electron chi connectivity index (χ4n) is 3.20. The van der Waals surface area contributed by atoms with Crippen LogP contribution in [0.4, 0.5) is 0 Å². The van der Waals surface area contributed by atoms with Crippen molar-refractivity contribution in [3.63, 3.8) is 0 Å². The van der Waals surface area contributed by atoms with E-state index in [-0.39, 0.29) is 0 Å². The maximum absolute atomic E-state index is 5.61. The van der Waals surface area contributed by atoms with Crippen molar-refractivity contribution < 1.29 is 9.47 Å². The summed E-state index contributed by atoms with van der Waals surface area (Å²) in [5.74, 6) is 1.83. The van der Waals surface area contributed by atoms with Crippen molar-refractivity contribution in [1.29, 1.82) is 0 Å². The van der Waals surface area contributed by atoms with Crippen molar-refractivity contribution in [2.45, 2.75) is 58.0 Å². The molecule has 0 aromatic heterocycles. The molecule has 1 aliphatic rings. The minimum Gasteiger partial charge on any atom is -0.467 e. The van der Waals surface area contributed by atoms with Crippen molar-refractivity contribution in [3.05, 3.63) is 29.8 Å². The first kappa shape index (κ1) is 16.3. The van der Waals surface area contributed by atoms with E-state index in [2.05, 4.69) is 24.4 Å². The van der Waals surface area contributed by atoms with Gasteiger partial charge in [-0.25, -0.2) is 0 Å². The number of rotatable bonds is 8. The van der Waals surface area contributed by atoms with Gasteiger partial charge >= 0.3 is 0 Å². The highest BCUT2D eigenvalue weighted by molar-refractivity contribution is 5.33. The molecule has 1 saturated carbocycles. The van der Waals surface area contributed by atoms with Crippen molar-refractivity contribution in [3.8, 4) is 5.75 Å². The van der Waals surface area contributed by atoms with E-state index in [1.165, 1.54) is 44.1 Å². The van der Waals surface area contributed by atoms with Crippen LogP contribution >= 0.6 is 0 Å². The van der Waals surface area contributed by atoms with Gasteiger partial charge in [-0.05, 0) is 25.3 Å². The Kier molecular flexibility index (Phi) is 7.04. The lowest BCUT2D eigenvalue weighted by Gasteiger charge is -2.25. The van der Waals surface area contributed by atoms with Gasteiger partial charge in [0.2, 0.25) is 0 Å². The second-order valence-corrected chi connectivity index (χ2v) is 6.18. The Morgan fingerprint density at radius 3 is 2.71 bits per heavy atom. The molecule has 1 N–H and O–H groups in total. The summed E-state index contributed by atoms with van der Waals surface area (Å²) >= 11 is 0. The molecule has 0 heterocycles. The number of benzene rings is 1. The Morgan fingerprint density at radius 1 is 1.19 bits per heavy atom. The lowest BCUT2D eigenvalue weighted by atomic mass is 9.85. The van der Waals surface area contributed by atoms with Crippen molar-refractivity contribution in [1.82, 2.24) is 5.32 Å². The molecule has 0 unspecified atom stereocenters. The van der Waals surface area contributed by atoms with Crippen LogP contribution < -0.4 is 10.1 Å². The van der Waals surface area contributed by atoms with Crippen molar-refractivity contribution >= 4 is 0 Å². The predicted molar refractivity (Wildman–Crippen MR) is 86.4 cm³/mol. The highest BCUT2D eigenvalue weighted by Gasteiger charge is 2.16. The average molecular weight is 291 g/mol. The summed E-state index contributed by atoms with van der Waals surface area (Å²) < 4.78 is 10.6. The first-order valence-electron chi connectivity index (χ1n) is 8.22. The van der Waals surface area contributed by atoms with Gasteiger partial charge in [-0.3, -0.25) is 0 Å². The molecule has 1 aromatic rings. The first-order valence-corrected chi connectivity index (χ1v) is 8.22. The summed E-state index contributed by atoms with van der Waals surface area (Å²) in [5, 5.41) is 3.64. The molecule has 1 fully saturated rings. The molecule has 0 bridgehead atoms. The fraction of sp³-hybridized carbons (Fsp3) is 0.667. The van der Waals surface area contributed by atoms with Gasteiger partial charge in [-0.2, -0.15) is 0 Å². The summed E-state index contributed by atoms with van der Waals surface area (Å²) in [6.07, 6.45) is 8.40. The topological polar surface area (TPSA) is 30.5 Å².